The smallest absolute Gasteiger partial charge is 0.143 e. The van der Waals surface area contributed by atoms with Crippen LogP contribution in [0.3, 0.4) is 0 Å². The van der Waals surface area contributed by atoms with Crippen LogP contribution in [0.1, 0.15) is 25.3 Å². The van der Waals surface area contributed by atoms with Crippen molar-refractivity contribution in [2.75, 3.05) is 6.61 Å². The van der Waals surface area contributed by atoms with Crippen LogP contribution in [-0.2, 0) is 11.2 Å². The van der Waals surface area contributed by atoms with Crippen molar-refractivity contribution in [3.8, 4) is 11.4 Å². The Morgan fingerprint density at radius 1 is 1.12 bits per heavy atom. The van der Waals surface area contributed by atoms with Crippen molar-refractivity contribution in [2.24, 2.45) is 0 Å². The highest BCUT2D eigenvalue weighted by Crippen LogP contribution is 2.23. The monoisotopic (exact) mass is 323 g/mol. The Hall–Kier alpha value is -2.82. The fourth-order valence-electron chi connectivity index (χ4n) is 2.45. The highest BCUT2D eigenvalue weighted by molar-refractivity contribution is 5.73. The molecule has 0 aliphatic heterocycles. The number of aromatic hydroxyl groups is 1. The first-order valence-corrected chi connectivity index (χ1v) is 8.19. The number of hydrogen-bond acceptors (Lipinski definition) is 4. The number of ether oxygens (including phenoxy) is 1. The number of fused-ring (bicyclic) bond motifs is 1. The lowest BCUT2D eigenvalue weighted by Crippen LogP contribution is -2.00. The van der Waals surface area contributed by atoms with Crippen LogP contribution in [0.2, 0.25) is 0 Å². The molecule has 5 heteroatoms. The first kappa shape index (κ1) is 16.1. The first-order chi connectivity index (χ1) is 11.8. The SMILES string of the molecule is CCC=COCCCc1ccc(-n2nc3ccccc3n2)c(O)c1. The fourth-order valence-corrected chi connectivity index (χ4v) is 2.45. The summed E-state index contributed by atoms with van der Waals surface area (Å²) in [5.41, 5.74) is 3.25. The third-order valence-corrected chi connectivity index (χ3v) is 3.70. The number of aryl methyl sites for hydroxylation is 1. The molecule has 0 amide bonds. The molecule has 0 spiro atoms. The van der Waals surface area contributed by atoms with Crippen LogP contribution < -0.4 is 0 Å². The minimum Gasteiger partial charge on any atom is -0.506 e. The van der Waals surface area contributed by atoms with Gasteiger partial charge in [-0.05, 0) is 49.1 Å². The standard InChI is InChI=1S/C19H21N3O2/c1-2-3-12-24-13-6-7-15-10-11-18(19(23)14-15)22-20-16-8-4-5-9-17(16)21-22/h3-5,8-12,14,23H,2,6-7,13H2,1H3. The quantitative estimate of drug-likeness (QED) is 0.527. The van der Waals surface area contributed by atoms with Crippen molar-refractivity contribution in [2.45, 2.75) is 26.2 Å². The van der Waals surface area contributed by atoms with Gasteiger partial charge in [0.25, 0.3) is 0 Å². The number of aromatic nitrogens is 3. The summed E-state index contributed by atoms with van der Waals surface area (Å²) in [6, 6.07) is 13.2. The summed E-state index contributed by atoms with van der Waals surface area (Å²) in [4.78, 5) is 1.47. The Labute approximate surface area is 141 Å². The van der Waals surface area contributed by atoms with E-state index in [1.165, 1.54) is 4.80 Å². The molecule has 1 aromatic heterocycles. The van der Waals surface area contributed by atoms with E-state index in [-0.39, 0.29) is 5.75 Å². The Kier molecular flexibility index (Phi) is 5.11. The van der Waals surface area contributed by atoms with Gasteiger partial charge >= 0.3 is 0 Å². The second-order valence-electron chi connectivity index (χ2n) is 5.56. The van der Waals surface area contributed by atoms with Crippen LogP contribution in [0, 0.1) is 0 Å². The predicted molar refractivity (Wildman–Crippen MR) is 94.2 cm³/mol. The number of rotatable bonds is 7. The van der Waals surface area contributed by atoms with E-state index in [1.807, 2.05) is 42.5 Å². The molecule has 0 unspecified atom stereocenters. The maximum atomic E-state index is 10.3. The highest BCUT2D eigenvalue weighted by Gasteiger charge is 2.09. The normalized spacial score (nSPS) is 11.4. The Balaban J connectivity index is 1.67. The zero-order valence-electron chi connectivity index (χ0n) is 13.7. The largest absolute Gasteiger partial charge is 0.506 e. The van der Waals surface area contributed by atoms with Gasteiger partial charge in [0.2, 0.25) is 0 Å². The van der Waals surface area contributed by atoms with Crippen LogP contribution in [0.25, 0.3) is 16.7 Å². The van der Waals surface area contributed by atoms with Crippen LogP contribution in [0.5, 0.6) is 5.75 Å². The number of nitrogens with zero attached hydrogens (tertiary/aromatic N) is 3. The maximum absolute atomic E-state index is 10.3. The molecule has 0 bridgehead atoms. The molecule has 5 nitrogen and oxygen atoms in total. The third-order valence-electron chi connectivity index (χ3n) is 3.70. The van der Waals surface area contributed by atoms with E-state index in [0.29, 0.717) is 12.3 Å². The van der Waals surface area contributed by atoms with Gasteiger partial charge in [-0.3, -0.25) is 0 Å². The molecule has 124 valence electrons. The van der Waals surface area contributed by atoms with Gasteiger partial charge in [-0.15, -0.1) is 15.0 Å². The molecule has 3 rings (SSSR count). The Morgan fingerprint density at radius 2 is 1.88 bits per heavy atom. The molecule has 3 aromatic rings. The van der Waals surface area contributed by atoms with Crippen molar-refractivity contribution in [3.63, 3.8) is 0 Å². The minimum atomic E-state index is 0.180. The Bertz CT molecular complexity index is 806. The van der Waals surface area contributed by atoms with Gasteiger partial charge in [0.15, 0.2) is 0 Å². The molecule has 0 saturated heterocycles. The lowest BCUT2D eigenvalue weighted by atomic mass is 10.1. The van der Waals surface area contributed by atoms with Gasteiger partial charge in [0, 0.05) is 0 Å². The first-order valence-electron chi connectivity index (χ1n) is 8.19. The molecule has 0 fully saturated rings. The van der Waals surface area contributed by atoms with Gasteiger partial charge in [-0.25, -0.2) is 0 Å². The van der Waals surface area contributed by atoms with Crippen molar-refractivity contribution < 1.29 is 9.84 Å². The van der Waals surface area contributed by atoms with E-state index in [0.717, 1.165) is 35.9 Å². The van der Waals surface area contributed by atoms with Crippen LogP contribution in [0.4, 0.5) is 0 Å². The molecule has 0 atom stereocenters. The van der Waals surface area contributed by atoms with E-state index in [2.05, 4.69) is 17.1 Å². The number of phenolic OH excluding ortho intramolecular Hbond substituents is 1. The zero-order valence-corrected chi connectivity index (χ0v) is 13.7. The van der Waals surface area contributed by atoms with Gasteiger partial charge < -0.3 is 9.84 Å². The number of hydrogen-bond donors (Lipinski definition) is 1. The summed E-state index contributed by atoms with van der Waals surface area (Å²) >= 11 is 0. The van der Waals surface area contributed by atoms with Crippen molar-refractivity contribution in [1.82, 2.24) is 15.0 Å². The van der Waals surface area contributed by atoms with Crippen molar-refractivity contribution in [3.05, 3.63) is 60.4 Å². The zero-order chi connectivity index (χ0) is 16.8. The predicted octanol–water partition coefficient (Wildman–Crippen LogP) is 4.00. The number of benzene rings is 2. The molecule has 0 aliphatic rings. The van der Waals surface area contributed by atoms with Crippen molar-refractivity contribution >= 4 is 11.0 Å². The molecule has 0 saturated carbocycles. The summed E-state index contributed by atoms with van der Waals surface area (Å²) in [6.45, 7) is 2.74. The lowest BCUT2D eigenvalue weighted by molar-refractivity contribution is 0.244. The number of phenols is 1. The lowest BCUT2D eigenvalue weighted by Gasteiger charge is -2.06. The summed E-state index contributed by atoms with van der Waals surface area (Å²) in [7, 11) is 0. The van der Waals surface area contributed by atoms with Crippen LogP contribution in [-0.4, -0.2) is 26.7 Å². The minimum absolute atomic E-state index is 0.180. The highest BCUT2D eigenvalue weighted by atomic mass is 16.5. The molecule has 0 aliphatic carbocycles. The maximum Gasteiger partial charge on any atom is 0.143 e. The van der Waals surface area contributed by atoms with E-state index in [4.69, 9.17) is 4.74 Å². The summed E-state index contributed by atoms with van der Waals surface area (Å²) in [5.74, 6) is 0.180. The van der Waals surface area contributed by atoms with Gasteiger partial charge in [-0.1, -0.05) is 31.2 Å². The summed E-state index contributed by atoms with van der Waals surface area (Å²) in [5, 5.41) is 19.1. The molecular weight excluding hydrogens is 302 g/mol. The van der Waals surface area contributed by atoms with E-state index >= 15 is 0 Å². The van der Waals surface area contributed by atoms with E-state index in [9.17, 15) is 5.11 Å². The van der Waals surface area contributed by atoms with E-state index in [1.54, 1.807) is 12.3 Å². The Morgan fingerprint density at radius 3 is 2.54 bits per heavy atom. The van der Waals surface area contributed by atoms with Gasteiger partial charge in [-0.2, -0.15) is 0 Å². The number of allylic oxidation sites excluding steroid dienone is 1. The van der Waals surface area contributed by atoms with Gasteiger partial charge in [0.05, 0.1) is 12.9 Å². The summed E-state index contributed by atoms with van der Waals surface area (Å²) in [6.07, 6.45) is 6.46. The molecular formula is C19H21N3O2. The van der Waals surface area contributed by atoms with Crippen molar-refractivity contribution in [1.29, 1.82) is 0 Å². The molecule has 24 heavy (non-hydrogen) atoms. The molecule has 1 heterocycles. The third kappa shape index (κ3) is 3.74. The van der Waals surface area contributed by atoms with Crippen LogP contribution in [0.15, 0.2) is 54.8 Å². The average Bonchev–Trinajstić information content (AvgIpc) is 3.02. The second-order valence-corrected chi connectivity index (χ2v) is 5.56. The topological polar surface area (TPSA) is 60.2 Å². The fraction of sp³-hybridized carbons (Fsp3) is 0.263. The van der Waals surface area contributed by atoms with Gasteiger partial charge in [0.1, 0.15) is 22.5 Å². The van der Waals surface area contributed by atoms with E-state index < -0.39 is 0 Å². The molecule has 2 aromatic carbocycles. The molecule has 0 radical (unpaired) electrons. The summed E-state index contributed by atoms with van der Waals surface area (Å²) < 4.78 is 5.39. The second kappa shape index (κ2) is 7.64. The average molecular weight is 323 g/mol. The van der Waals surface area contributed by atoms with Crippen LogP contribution >= 0.6 is 0 Å². The molecule has 1 N–H and O–H groups in total.